The summed E-state index contributed by atoms with van der Waals surface area (Å²) in [7, 11) is 0. The highest BCUT2D eigenvalue weighted by Crippen LogP contribution is 2.63. The minimum atomic E-state index is -1.45. The van der Waals surface area contributed by atoms with Crippen LogP contribution >= 0.6 is 0 Å². The van der Waals surface area contributed by atoms with Crippen LogP contribution in [-0.4, -0.2) is 11.1 Å². The fraction of sp³-hybridized carbons (Fsp3) is 0.500. The van der Waals surface area contributed by atoms with Crippen LogP contribution in [0.3, 0.4) is 0 Å². The van der Waals surface area contributed by atoms with Crippen molar-refractivity contribution in [2.24, 2.45) is 17.3 Å². The van der Waals surface area contributed by atoms with Crippen LogP contribution in [0.5, 0.6) is 5.75 Å². The van der Waals surface area contributed by atoms with Crippen LogP contribution in [0, 0.1) is 17.3 Å². The molecule has 0 radical (unpaired) electrons. The molecular weight excluding hydrogens is 446 g/mol. The highest BCUT2D eigenvalue weighted by atomic mass is 19.3. The summed E-state index contributed by atoms with van der Waals surface area (Å²) in [5.74, 6) is 1.20. The molecule has 4 atom stereocenters. The van der Waals surface area contributed by atoms with Crippen molar-refractivity contribution in [3.63, 3.8) is 0 Å². The molecule has 3 aliphatic rings. The van der Waals surface area contributed by atoms with Gasteiger partial charge in [-0.25, -0.2) is 0 Å². The van der Waals surface area contributed by atoms with Gasteiger partial charge < -0.3 is 9.84 Å². The van der Waals surface area contributed by atoms with Crippen LogP contribution in [-0.2, 0) is 24.2 Å². The summed E-state index contributed by atoms with van der Waals surface area (Å²) in [6, 6.07) is 14.5. The quantitative estimate of drug-likeness (QED) is 0.442. The number of carboxylic acids is 1. The number of allylic oxidation sites excluding steroid dienone is 1. The molecule has 0 bridgehead atoms. The zero-order valence-electron chi connectivity index (χ0n) is 20.4. The number of benzene rings is 2. The van der Waals surface area contributed by atoms with Crippen LogP contribution in [0.1, 0.15) is 80.0 Å². The first-order valence-corrected chi connectivity index (χ1v) is 13.0. The minimum Gasteiger partial charge on any atom is -0.489 e. The van der Waals surface area contributed by atoms with Crippen molar-refractivity contribution in [1.82, 2.24) is 0 Å². The van der Waals surface area contributed by atoms with Gasteiger partial charge in [0.2, 0.25) is 0 Å². The van der Waals surface area contributed by atoms with Gasteiger partial charge in [0, 0.05) is 12.0 Å². The van der Waals surface area contributed by atoms with Gasteiger partial charge in [-0.15, -0.1) is 0 Å². The zero-order valence-corrected chi connectivity index (χ0v) is 20.4. The van der Waals surface area contributed by atoms with E-state index in [2.05, 4.69) is 19.1 Å². The van der Waals surface area contributed by atoms with E-state index in [1.165, 1.54) is 11.1 Å². The van der Waals surface area contributed by atoms with Crippen molar-refractivity contribution >= 4 is 5.97 Å². The fourth-order valence-electron chi connectivity index (χ4n) is 7.26. The third-order valence-electron chi connectivity index (χ3n) is 8.99. The Balaban J connectivity index is 1.43. The standard InChI is InChI=1S/C30H34F2O3/c1-30-15-14-22-23(25(30)12-13-26(30)29(31)32)11-10-20-17-27(35-18-19-6-3-2-4-7-19)21(16-24(20)22)8-5-9-28(33)34/h2-4,6-7,16-17,22-23,25H,5,8-15,18H2,1H3,(H,33,34)/t22?,23?,25?,30-/m0/s1. The van der Waals surface area contributed by atoms with Crippen molar-refractivity contribution < 1.29 is 23.4 Å². The molecule has 35 heavy (non-hydrogen) atoms. The molecule has 5 heteroatoms. The molecule has 5 rings (SSSR count). The Labute approximate surface area is 206 Å². The highest BCUT2D eigenvalue weighted by molar-refractivity contribution is 5.66. The van der Waals surface area contributed by atoms with Gasteiger partial charge in [0.15, 0.2) is 0 Å². The molecule has 0 spiro atoms. The summed E-state index contributed by atoms with van der Waals surface area (Å²) >= 11 is 0. The van der Waals surface area contributed by atoms with Crippen molar-refractivity contribution in [3.05, 3.63) is 76.4 Å². The number of halogens is 2. The van der Waals surface area contributed by atoms with Crippen LogP contribution in [0.25, 0.3) is 0 Å². The zero-order chi connectivity index (χ0) is 24.6. The lowest BCUT2D eigenvalue weighted by atomic mass is 9.55. The minimum absolute atomic E-state index is 0.131. The molecular formula is C30H34F2O3. The van der Waals surface area contributed by atoms with Gasteiger partial charge in [-0.3, -0.25) is 4.79 Å². The van der Waals surface area contributed by atoms with Gasteiger partial charge in [-0.1, -0.05) is 43.3 Å². The summed E-state index contributed by atoms with van der Waals surface area (Å²) in [4.78, 5) is 11.1. The maximum absolute atomic E-state index is 13.7. The lowest BCUT2D eigenvalue weighted by molar-refractivity contribution is -0.137. The Kier molecular flexibility index (Phi) is 6.69. The Bertz CT molecular complexity index is 1120. The Morgan fingerprint density at radius 3 is 2.66 bits per heavy atom. The molecule has 0 saturated heterocycles. The number of hydrogen-bond acceptors (Lipinski definition) is 2. The maximum atomic E-state index is 13.7. The topological polar surface area (TPSA) is 46.5 Å². The maximum Gasteiger partial charge on any atom is 0.303 e. The summed E-state index contributed by atoms with van der Waals surface area (Å²) in [5, 5.41) is 9.14. The molecule has 1 N–H and O–H groups in total. The first-order valence-electron chi connectivity index (χ1n) is 13.0. The molecule has 0 amide bonds. The van der Waals surface area contributed by atoms with Crippen LogP contribution in [0.4, 0.5) is 8.78 Å². The molecule has 3 aliphatic carbocycles. The lowest BCUT2D eigenvalue weighted by Crippen LogP contribution is -2.40. The molecule has 3 unspecified atom stereocenters. The monoisotopic (exact) mass is 480 g/mol. The van der Waals surface area contributed by atoms with Crippen molar-refractivity contribution in [2.75, 3.05) is 0 Å². The lowest BCUT2D eigenvalue weighted by Gasteiger charge is -2.49. The van der Waals surface area contributed by atoms with E-state index in [0.717, 1.165) is 49.0 Å². The van der Waals surface area contributed by atoms with Gasteiger partial charge in [-0.2, -0.15) is 8.78 Å². The Morgan fingerprint density at radius 2 is 1.91 bits per heavy atom. The normalized spacial score (nSPS) is 27.1. The largest absolute Gasteiger partial charge is 0.489 e. The number of aliphatic carboxylic acids is 1. The van der Waals surface area contributed by atoms with E-state index in [9.17, 15) is 13.6 Å². The average Bonchev–Trinajstić information content (AvgIpc) is 3.20. The summed E-state index contributed by atoms with van der Waals surface area (Å²) < 4.78 is 33.7. The SMILES string of the molecule is C[C@]12CCC3c4cc(CCCC(=O)O)c(OCc5ccccc5)cc4CCC3C1CCC2=C(F)F. The molecule has 3 nitrogen and oxygen atoms in total. The number of ether oxygens (including phenoxy) is 1. The van der Waals surface area contributed by atoms with Gasteiger partial charge in [-0.05, 0) is 103 Å². The van der Waals surface area contributed by atoms with E-state index in [-0.39, 0.29) is 11.8 Å². The predicted molar refractivity (Wildman–Crippen MR) is 132 cm³/mol. The molecule has 0 aromatic heterocycles. The molecule has 186 valence electrons. The van der Waals surface area contributed by atoms with Crippen LogP contribution in [0.2, 0.25) is 0 Å². The number of carbonyl (C=O) groups is 1. The van der Waals surface area contributed by atoms with E-state index in [4.69, 9.17) is 9.84 Å². The van der Waals surface area contributed by atoms with E-state index in [0.29, 0.717) is 49.2 Å². The number of aryl methyl sites for hydroxylation is 2. The van der Waals surface area contributed by atoms with Crippen LogP contribution < -0.4 is 4.74 Å². The average molecular weight is 481 g/mol. The van der Waals surface area contributed by atoms with Crippen LogP contribution in [0.15, 0.2) is 54.1 Å². The summed E-state index contributed by atoms with van der Waals surface area (Å²) in [6.07, 6.45) is 5.02. The molecule has 2 saturated carbocycles. The van der Waals surface area contributed by atoms with E-state index in [1.807, 2.05) is 30.3 Å². The second-order valence-corrected chi connectivity index (χ2v) is 10.8. The van der Waals surface area contributed by atoms with Gasteiger partial charge in [0.25, 0.3) is 6.08 Å². The van der Waals surface area contributed by atoms with E-state index in [1.54, 1.807) is 0 Å². The predicted octanol–water partition coefficient (Wildman–Crippen LogP) is 7.68. The molecule has 0 heterocycles. The molecule has 2 aromatic carbocycles. The van der Waals surface area contributed by atoms with Crippen molar-refractivity contribution in [2.45, 2.75) is 77.2 Å². The number of hydrogen-bond donors (Lipinski definition) is 1. The third kappa shape index (κ3) is 4.62. The second kappa shape index (κ2) is 9.75. The summed E-state index contributed by atoms with van der Waals surface area (Å²) in [5.41, 5.74) is 4.87. The van der Waals surface area contributed by atoms with E-state index < -0.39 is 12.0 Å². The molecule has 0 aliphatic heterocycles. The first-order chi connectivity index (χ1) is 16.9. The highest BCUT2D eigenvalue weighted by Gasteiger charge is 2.53. The van der Waals surface area contributed by atoms with E-state index >= 15 is 0 Å². The fourth-order valence-corrected chi connectivity index (χ4v) is 7.26. The van der Waals surface area contributed by atoms with Crippen molar-refractivity contribution in [1.29, 1.82) is 0 Å². The number of carboxylic acid groups (broad SMARTS) is 1. The summed E-state index contributed by atoms with van der Waals surface area (Å²) in [6.45, 7) is 2.55. The number of rotatable bonds is 7. The third-order valence-corrected chi connectivity index (χ3v) is 8.99. The Hall–Kier alpha value is -2.69. The molecule has 2 fully saturated rings. The molecule has 2 aromatic rings. The van der Waals surface area contributed by atoms with Crippen molar-refractivity contribution in [3.8, 4) is 5.75 Å². The van der Waals surface area contributed by atoms with Gasteiger partial charge in [0.05, 0.1) is 0 Å². The smallest absolute Gasteiger partial charge is 0.303 e. The second-order valence-electron chi connectivity index (χ2n) is 10.8. The van der Waals surface area contributed by atoms with Gasteiger partial charge in [0.1, 0.15) is 12.4 Å². The first kappa shape index (κ1) is 24.0. The Morgan fingerprint density at radius 1 is 1.11 bits per heavy atom. The van der Waals surface area contributed by atoms with Gasteiger partial charge >= 0.3 is 5.97 Å². The number of fused-ring (bicyclic) bond motifs is 5.